The number of carboxylic acid groups (broad SMARTS) is 1. The van der Waals surface area contributed by atoms with E-state index in [1.165, 1.54) is 12.8 Å². The Bertz CT molecular complexity index is 248. The Hall–Kier alpha value is -0.610. The third-order valence-corrected chi connectivity index (χ3v) is 3.48. The third-order valence-electron chi connectivity index (χ3n) is 3.48. The monoisotopic (exact) mass is 242 g/mol. The standard InChI is InChI=1S/C13H26N2O2/c1-4-8-15(10-13(2,3)12(16)17)11-6-5-7-14-9-11/h11,14H,4-10H2,1-3H3,(H,16,17). The van der Waals surface area contributed by atoms with Crippen LogP contribution in [-0.4, -0.2) is 48.2 Å². The highest BCUT2D eigenvalue weighted by atomic mass is 16.4. The molecule has 17 heavy (non-hydrogen) atoms. The number of nitrogens with zero attached hydrogens (tertiary/aromatic N) is 1. The molecule has 0 amide bonds. The van der Waals surface area contributed by atoms with E-state index in [-0.39, 0.29) is 0 Å². The molecular formula is C13H26N2O2. The van der Waals surface area contributed by atoms with Gasteiger partial charge in [0, 0.05) is 19.1 Å². The summed E-state index contributed by atoms with van der Waals surface area (Å²) in [6, 6.07) is 0.502. The molecule has 2 N–H and O–H groups in total. The number of hydrogen-bond donors (Lipinski definition) is 2. The van der Waals surface area contributed by atoms with Crippen molar-refractivity contribution in [3.05, 3.63) is 0 Å². The summed E-state index contributed by atoms with van der Waals surface area (Å²) in [5, 5.41) is 12.6. The van der Waals surface area contributed by atoms with E-state index in [9.17, 15) is 9.90 Å². The number of carbonyl (C=O) groups is 1. The second-order valence-electron chi connectivity index (χ2n) is 5.66. The lowest BCUT2D eigenvalue weighted by Gasteiger charge is -2.38. The Morgan fingerprint density at radius 3 is 2.71 bits per heavy atom. The van der Waals surface area contributed by atoms with Gasteiger partial charge in [-0.3, -0.25) is 9.69 Å². The minimum atomic E-state index is -0.706. The molecule has 1 unspecified atom stereocenters. The van der Waals surface area contributed by atoms with Crippen LogP contribution in [0, 0.1) is 5.41 Å². The lowest BCUT2D eigenvalue weighted by Crippen LogP contribution is -2.50. The molecule has 0 aromatic rings. The Labute approximate surface area is 104 Å². The van der Waals surface area contributed by atoms with E-state index in [4.69, 9.17) is 0 Å². The van der Waals surface area contributed by atoms with Gasteiger partial charge in [-0.1, -0.05) is 6.92 Å². The molecule has 4 heteroatoms. The van der Waals surface area contributed by atoms with Crippen LogP contribution in [-0.2, 0) is 4.79 Å². The predicted molar refractivity (Wildman–Crippen MR) is 69.2 cm³/mol. The fourth-order valence-electron chi connectivity index (χ4n) is 2.40. The van der Waals surface area contributed by atoms with E-state index in [0.29, 0.717) is 12.6 Å². The summed E-state index contributed by atoms with van der Waals surface area (Å²) in [5.74, 6) is -0.706. The molecule has 1 aliphatic heterocycles. The minimum absolute atomic E-state index is 0.502. The summed E-state index contributed by atoms with van der Waals surface area (Å²) in [6.45, 7) is 9.50. The highest BCUT2D eigenvalue weighted by Crippen LogP contribution is 2.21. The maximum absolute atomic E-state index is 11.2. The maximum Gasteiger partial charge on any atom is 0.310 e. The molecule has 0 spiro atoms. The van der Waals surface area contributed by atoms with Crippen LogP contribution in [0.4, 0.5) is 0 Å². The number of nitrogens with one attached hydrogen (secondary N) is 1. The molecule has 0 aromatic carbocycles. The van der Waals surface area contributed by atoms with Gasteiger partial charge in [-0.05, 0) is 46.2 Å². The van der Waals surface area contributed by atoms with E-state index >= 15 is 0 Å². The van der Waals surface area contributed by atoms with E-state index in [1.54, 1.807) is 0 Å². The summed E-state index contributed by atoms with van der Waals surface area (Å²) >= 11 is 0. The van der Waals surface area contributed by atoms with Crippen LogP contribution in [0.5, 0.6) is 0 Å². The third kappa shape index (κ3) is 4.28. The second kappa shape index (κ2) is 6.36. The molecule has 1 heterocycles. The average Bonchev–Trinajstić information content (AvgIpc) is 2.29. The van der Waals surface area contributed by atoms with Gasteiger partial charge in [0.2, 0.25) is 0 Å². The van der Waals surface area contributed by atoms with Crippen LogP contribution in [0.2, 0.25) is 0 Å². The first kappa shape index (κ1) is 14.5. The van der Waals surface area contributed by atoms with Gasteiger partial charge in [-0.15, -0.1) is 0 Å². The van der Waals surface area contributed by atoms with Crippen LogP contribution in [0.15, 0.2) is 0 Å². The molecule has 0 saturated carbocycles. The summed E-state index contributed by atoms with van der Waals surface area (Å²) in [5.41, 5.74) is -0.660. The highest BCUT2D eigenvalue weighted by molar-refractivity contribution is 5.73. The van der Waals surface area contributed by atoms with E-state index in [0.717, 1.165) is 26.1 Å². The zero-order valence-corrected chi connectivity index (χ0v) is 11.3. The lowest BCUT2D eigenvalue weighted by molar-refractivity contribution is -0.148. The topological polar surface area (TPSA) is 52.6 Å². The van der Waals surface area contributed by atoms with Crippen molar-refractivity contribution in [2.24, 2.45) is 5.41 Å². The van der Waals surface area contributed by atoms with E-state index in [2.05, 4.69) is 17.1 Å². The molecule has 1 aliphatic rings. The molecule has 1 rings (SSSR count). The van der Waals surface area contributed by atoms with Crippen molar-refractivity contribution in [2.75, 3.05) is 26.2 Å². The minimum Gasteiger partial charge on any atom is -0.481 e. The molecule has 0 aromatic heterocycles. The molecule has 1 saturated heterocycles. The predicted octanol–water partition coefficient (Wildman–Crippen LogP) is 1.56. The number of carboxylic acids is 1. The smallest absolute Gasteiger partial charge is 0.310 e. The van der Waals surface area contributed by atoms with Gasteiger partial charge in [-0.2, -0.15) is 0 Å². The number of piperidine rings is 1. The van der Waals surface area contributed by atoms with Gasteiger partial charge < -0.3 is 10.4 Å². The quantitative estimate of drug-likeness (QED) is 0.742. The molecule has 100 valence electrons. The average molecular weight is 242 g/mol. The molecular weight excluding hydrogens is 216 g/mol. The Kier molecular flexibility index (Phi) is 5.40. The highest BCUT2D eigenvalue weighted by Gasteiger charge is 2.32. The molecule has 1 fully saturated rings. The van der Waals surface area contributed by atoms with Crippen LogP contribution in [0.25, 0.3) is 0 Å². The summed E-state index contributed by atoms with van der Waals surface area (Å²) in [6.07, 6.45) is 3.45. The number of rotatable bonds is 6. The molecule has 0 radical (unpaired) electrons. The zero-order chi connectivity index (χ0) is 12.9. The Balaban J connectivity index is 2.61. The lowest BCUT2D eigenvalue weighted by atomic mass is 9.91. The number of aliphatic carboxylic acids is 1. The van der Waals surface area contributed by atoms with Gasteiger partial charge in [0.15, 0.2) is 0 Å². The van der Waals surface area contributed by atoms with Crippen molar-refractivity contribution in [3.63, 3.8) is 0 Å². The fraction of sp³-hybridized carbons (Fsp3) is 0.923. The van der Waals surface area contributed by atoms with Crippen molar-refractivity contribution in [3.8, 4) is 0 Å². The van der Waals surface area contributed by atoms with Gasteiger partial charge in [0.05, 0.1) is 5.41 Å². The van der Waals surface area contributed by atoms with Gasteiger partial charge in [0.25, 0.3) is 0 Å². The van der Waals surface area contributed by atoms with Crippen LogP contribution < -0.4 is 5.32 Å². The van der Waals surface area contributed by atoms with Crippen molar-refractivity contribution in [1.82, 2.24) is 10.2 Å². The Morgan fingerprint density at radius 1 is 1.53 bits per heavy atom. The fourth-order valence-corrected chi connectivity index (χ4v) is 2.40. The zero-order valence-electron chi connectivity index (χ0n) is 11.3. The van der Waals surface area contributed by atoms with Crippen molar-refractivity contribution in [1.29, 1.82) is 0 Å². The second-order valence-corrected chi connectivity index (χ2v) is 5.66. The van der Waals surface area contributed by atoms with Gasteiger partial charge >= 0.3 is 5.97 Å². The SMILES string of the molecule is CCCN(CC(C)(C)C(=O)O)C1CCCNC1. The first-order valence-electron chi connectivity index (χ1n) is 6.65. The normalized spacial score (nSPS) is 21.8. The first-order chi connectivity index (χ1) is 7.97. The maximum atomic E-state index is 11.2. The van der Waals surface area contributed by atoms with Crippen molar-refractivity contribution < 1.29 is 9.90 Å². The largest absolute Gasteiger partial charge is 0.481 e. The molecule has 4 nitrogen and oxygen atoms in total. The van der Waals surface area contributed by atoms with Crippen molar-refractivity contribution in [2.45, 2.75) is 46.1 Å². The Morgan fingerprint density at radius 2 is 2.24 bits per heavy atom. The van der Waals surface area contributed by atoms with Crippen LogP contribution >= 0.6 is 0 Å². The van der Waals surface area contributed by atoms with Crippen LogP contribution in [0.1, 0.15) is 40.0 Å². The summed E-state index contributed by atoms with van der Waals surface area (Å²) in [4.78, 5) is 13.5. The molecule has 0 aliphatic carbocycles. The molecule has 0 bridgehead atoms. The summed E-state index contributed by atoms with van der Waals surface area (Å²) in [7, 11) is 0. The van der Waals surface area contributed by atoms with Gasteiger partial charge in [0.1, 0.15) is 0 Å². The molecule has 1 atom stereocenters. The number of hydrogen-bond acceptors (Lipinski definition) is 3. The first-order valence-corrected chi connectivity index (χ1v) is 6.65. The van der Waals surface area contributed by atoms with Crippen LogP contribution in [0.3, 0.4) is 0 Å². The van der Waals surface area contributed by atoms with Gasteiger partial charge in [-0.25, -0.2) is 0 Å². The van der Waals surface area contributed by atoms with Crippen molar-refractivity contribution >= 4 is 5.97 Å². The van der Waals surface area contributed by atoms with E-state index in [1.807, 2.05) is 13.8 Å². The van der Waals surface area contributed by atoms with E-state index < -0.39 is 11.4 Å². The summed E-state index contributed by atoms with van der Waals surface area (Å²) < 4.78 is 0.